The minimum atomic E-state index is -0.267. The molecular formula is C21H17ClN2O2. The number of nitrogens with zero attached hydrogens (tertiary/aromatic N) is 1. The van der Waals surface area contributed by atoms with Crippen molar-refractivity contribution in [3.05, 3.63) is 106 Å². The minimum Gasteiger partial charge on any atom is -0.321 e. The van der Waals surface area contributed by atoms with Gasteiger partial charge in [-0.15, -0.1) is 0 Å². The molecule has 0 radical (unpaired) electrons. The largest absolute Gasteiger partial charge is 0.321 e. The molecule has 1 N–H and O–H groups in total. The number of benzene rings is 2. The van der Waals surface area contributed by atoms with Crippen molar-refractivity contribution >= 4 is 29.3 Å². The Hall–Kier alpha value is -3.11. The van der Waals surface area contributed by atoms with Crippen molar-refractivity contribution in [2.24, 2.45) is 0 Å². The highest BCUT2D eigenvalue weighted by Gasteiger charge is 2.05. The van der Waals surface area contributed by atoms with Gasteiger partial charge in [-0.25, -0.2) is 0 Å². The highest BCUT2D eigenvalue weighted by Crippen LogP contribution is 2.16. The fourth-order valence-corrected chi connectivity index (χ4v) is 2.65. The van der Waals surface area contributed by atoms with Crippen LogP contribution in [0, 0.1) is 0 Å². The van der Waals surface area contributed by atoms with E-state index in [4.69, 9.17) is 11.6 Å². The first-order chi connectivity index (χ1) is 12.6. The van der Waals surface area contributed by atoms with Crippen molar-refractivity contribution in [2.45, 2.75) is 6.54 Å². The summed E-state index contributed by atoms with van der Waals surface area (Å²) in [4.78, 5) is 24.2. The minimum absolute atomic E-state index is 0.164. The number of rotatable bonds is 5. The molecule has 1 amide bonds. The van der Waals surface area contributed by atoms with Crippen LogP contribution >= 0.6 is 11.6 Å². The van der Waals surface area contributed by atoms with E-state index >= 15 is 0 Å². The van der Waals surface area contributed by atoms with E-state index in [0.717, 1.165) is 11.1 Å². The standard InChI is InChI=1S/C21H17ClN2O2/c22-19-9-5-4-8-17(19)14-24-15-18(11-13-21(24)26)23-20(25)12-10-16-6-2-1-3-7-16/h1-13,15H,14H2,(H,23,25)/b12-10+. The molecule has 26 heavy (non-hydrogen) atoms. The van der Waals surface area contributed by atoms with Gasteiger partial charge in [-0.05, 0) is 29.3 Å². The molecule has 0 aliphatic heterocycles. The van der Waals surface area contributed by atoms with Gasteiger partial charge in [-0.1, -0.05) is 60.1 Å². The first-order valence-corrected chi connectivity index (χ1v) is 8.47. The third-order valence-electron chi connectivity index (χ3n) is 3.78. The molecule has 0 saturated carbocycles. The molecule has 3 rings (SSSR count). The summed E-state index contributed by atoms with van der Waals surface area (Å²) in [7, 11) is 0. The van der Waals surface area contributed by atoms with E-state index in [2.05, 4.69) is 5.32 Å². The molecule has 1 heterocycles. The molecule has 0 atom stereocenters. The number of pyridine rings is 1. The number of carbonyl (C=O) groups excluding carboxylic acids is 1. The van der Waals surface area contributed by atoms with Gasteiger partial charge in [-0.2, -0.15) is 0 Å². The van der Waals surface area contributed by atoms with E-state index in [0.29, 0.717) is 17.3 Å². The van der Waals surface area contributed by atoms with E-state index in [1.807, 2.05) is 48.5 Å². The quantitative estimate of drug-likeness (QED) is 0.690. The van der Waals surface area contributed by atoms with Crippen molar-refractivity contribution in [1.82, 2.24) is 4.57 Å². The van der Waals surface area contributed by atoms with E-state index in [1.165, 1.54) is 16.7 Å². The van der Waals surface area contributed by atoms with Crippen molar-refractivity contribution in [2.75, 3.05) is 5.32 Å². The summed E-state index contributed by atoms with van der Waals surface area (Å²) in [6.07, 6.45) is 4.80. The van der Waals surface area contributed by atoms with Crippen LogP contribution in [0.2, 0.25) is 5.02 Å². The Morgan fingerprint density at radius 3 is 2.50 bits per heavy atom. The lowest BCUT2D eigenvalue weighted by molar-refractivity contribution is -0.111. The van der Waals surface area contributed by atoms with Crippen LogP contribution in [0.15, 0.2) is 83.8 Å². The summed E-state index contributed by atoms with van der Waals surface area (Å²) >= 11 is 6.16. The van der Waals surface area contributed by atoms with Gasteiger partial charge in [0.2, 0.25) is 5.91 Å². The van der Waals surface area contributed by atoms with Gasteiger partial charge >= 0.3 is 0 Å². The van der Waals surface area contributed by atoms with Gasteiger partial charge in [0.1, 0.15) is 0 Å². The normalized spacial score (nSPS) is 10.8. The molecule has 2 aromatic carbocycles. The number of hydrogen-bond acceptors (Lipinski definition) is 2. The molecule has 0 aliphatic rings. The number of hydrogen-bond donors (Lipinski definition) is 1. The highest BCUT2D eigenvalue weighted by atomic mass is 35.5. The Kier molecular flexibility index (Phi) is 5.66. The van der Waals surface area contributed by atoms with E-state index < -0.39 is 0 Å². The summed E-state index contributed by atoms with van der Waals surface area (Å²) in [6.45, 7) is 0.335. The average Bonchev–Trinajstić information content (AvgIpc) is 2.65. The Balaban J connectivity index is 1.73. The Morgan fingerprint density at radius 2 is 1.73 bits per heavy atom. The van der Waals surface area contributed by atoms with Gasteiger partial charge in [0.15, 0.2) is 0 Å². The van der Waals surface area contributed by atoms with E-state index in [9.17, 15) is 9.59 Å². The van der Waals surface area contributed by atoms with Crippen molar-refractivity contribution < 1.29 is 4.79 Å². The predicted octanol–water partition coefficient (Wildman–Crippen LogP) is 4.20. The zero-order chi connectivity index (χ0) is 18.4. The third-order valence-corrected chi connectivity index (χ3v) is 4.14. The SMILES string of the molecule is O=C(/C=C/c1ccccc1)Nc1ccc(=O)n(Cc2ccccc2Cl)c1. The van der Waals surface area contributed by atoms with Crippen molar-refractivity contribution in [1.29, 1.82) is 0 Å². The smallest absolute Gasteiger partial charge is 0.250 e. The van der Waals surface area contributed by atoms with Gasteiger partial charge in [0.25, 0.3) is 5.56 Å². The molecule has 1 aromatic heterocycles. The Labute approximate surface area is 156 Å². The first kappa shape index (κ1) is 17.7. The Bertz CT molecular complexity index is 994. The number of anilines is 1. The second kappa shape index (κ2) is 8.32. The maximum Gasteiger partial charge on any atom is 0.250 e. The molecular weight excluding hydrogens is 348 g/mol. The molecule has 0 fully saturated rings. The number of halogens is 1. The second-order valence-electron chi connectivity index (χ2n) is 5.71. The lowest BCUT2D eigenvalue weighted by Gasteiger charge is -2.10. The average molecular weight is 365 g/mol. The van der Waals surface area contributed by atoms with Gasteiger partial charge in [0, 0.05) is 23.4 Å². The number of nitrogens with one attached hydrogen (secondary N) is 1. The van der Waals surface area contributed by atoms with Crippen molar-refractivity contribution in [3.63, 3.8) is 0 Å². The lowest BCUT2D eigenvalue weighted by atomic mass is 10.2. The third kappa shape index (κ3) is 4.71. The fourth-order valence-electron chi connectivity index (χ4n) is 2.46. The zero-order valence-corrected chi connectivity index (χ0v) is 14.7. The number of carbonyl (C=O) groups is 1. The predicted molar refractivity (Wildman–Crippen MR) is 105 cm³/mol. The van der Waals surface area contributed by atoms with Crippen LogP contribution in [-0.2, 0) is 11.3 Å². The van der Waals surface area contributed by atoms with E-state index in [-0.39, 0.29) is 11.5 Å². The molecule has 0 unspecified atom stereocenters. The first-order valence-electron chi connectivity index (χ1n) is 8.10. The summed E-state index contributed by atoms with van der Waals surface area (Å²) in [5, 5.41) is 3.36. The molecule has 0 saturated heterocycles. The van der Waals surface area contributed by atoms with E-state index in [1.54, 1.807) is 24.4 Å². The van der Waals surface area contributed by atoms with Crippen LogP contribution in [0.3, 0.4) is 0 Å². The lowest BCUT2D eigenvalue weighted by Crippen LogP contribution is -2.20. The molecule has 3 aromatic rings. The summed E-state index contributed by atoms with van der Waals surface area (Å²) < 4.78 is 1.51. The Morgan fingerprint density at radius 1 is 1.00 bits per heavy atom. The maximum atomic E-state index is 12.1. The van der Waals surface area contributed by atoms with Crippen LogP contribution in [-0.4, -0.2) is 10.5 Å². The summed E-state index contributed by atoms with van der Waals surface area (Å²) in [6, 6.07) is 19.9. The second-order valence-corrected chi connectivity index (χ2v) is 6.12. The van der Waals surface area contributed by atoms with Crippen LogP contribution in [0.1, 0.15) is 11.1 Å². The topological polar surface area (TPSA) is 51.1 Å². The molecule has 5 heteroatoms. The maximum absolute atomic E-state index is 12.1. The number of aromatic nitrogens is 1. The van der Waals surface area contributed by atoms with Gasteiger partial charge in [0.05, 0.1) is 12.2 Å². The molecule has 0 aliphatic carbocycles. The van der Waals surface area contributed by atoms with Crippen LogP contribution in [0.25, 0.3) is 6.08 Å². The van der Waals surface area contributed by atoms with Crippen LogP contribution in [0.4, 0.5) is 5.69 Å². The van der Waals surface area contributed by atoms with Crippen LogP contribution < -0.4 is 10.9 Å². The number of amides is 1. The monoisotopic (exact) mass is 364 g/mol. The van der Waals surface area contributed by atoms with Crippen LogP contribution in [0.5, 0.6) is 0 Å². The highest BCUT2D eigenvalue weighted by molar-refractivity contribution is 6.31. The zero-order valence-electron chi connectivity index (χ0n) is 13.9. The van der Waals surface area contributed by atoms with Gasteiger partial charge < -0.3 is 9.88 Å². The van der Waals surface area contributed by atoms with Gasteiger partial charge in [-0.3, -0.25) is 9.59 Å². The molecule has 0 spiro atoms. The fraction of sp³-hybridized carbons (Fsp3) is 0.0476. The summed E-state index contributed by atoms with van der Waals surface area (Å²) in [5.41, 5.74) is 2.15. The summed E-state index contributed by atoms with van der Waals surface area (Å²) in [5.74, 6) is -0.267. The molecule has 130 valence electrons. The molecule has 0 bridgehead atoms. The van der Waals surface area contributed by atoms with Crippen molar-refractivity contribution in [3.8, 4) is 0 Å². The molecule has 4 nitrogen and oxygen atoms in total.